The third kappa shape index (κ3) is 3.76. The summed E-state index contributed by atoms with van der Waals surface area (Å²) in [7, 11) is 0. The SMILES string of the molecule is Fc1c(Cl)cccc1Oc1ccc(Br)cc1CNC1CC1. The topological polar surface area (TPSA) is 21.3 Å². The van der Waals surface area contributed by atoms with E-state index in [0.29, 0.717) is 18.3 Å². The summed E-state index contributed by atoms with van der Waals surface area (Å²) in [6.07, 6.45) is 2.43. The van der Waals surface area contributed by atoms with Crippen LogP contribution >= 0.6 is 27.5 Å². The number of benzene rings is 2. The van der Waals surface area contributed by atoms with E-state index in [2.05, 4.69) is 21.2 Å². The highest BCUT2D eigenvalue weighted by atomic mass is 79.9. The molecule has 0 unspecified atom stereocenters. The Balaban J connectivity index is 1.84. The van der Waals surface area contributed by atoms with Gasteiger partial charge in [0, 0.05) is 22.6 Å². The number of rotatable bonds is 5. The molecule has 3 rings (SSSR count). The number of nitrogens with one attached hydrogen (secondary N) is 1. The summed E-state index contributed by atoms with van der Waals surface area (Å²) in [6, 6.07) is 11.0. The molecule has 1 aliphatic carbocycles. The van der Waals surface area contributed by atoms with Crippen LogP contribution in [-0.4, -0.2) is 6.04 Å². The minimum atomic E-state index is -0.539. The van der Waals surface area contributed by atoms with Crippen molar-refractivity contribution < 1.29 is 9.13 Å². The molecule has 0 atom stereocenters. The fourth-order valence-corrected chi connectivity index (χ4v) is 2.58. The van der Waals surface area contributed by atoms with Crippen LogP contribution in [0.5, 0.6) is 11.5 Å². The molecular weight excluding hydrogens is 357 g/mol. The molecule has 0 aromatic heterocycles. The average molecular weight is 371 g/mol. The third-order valence-corrected chi connectivity index (χ3v) is 4.10. The molecule has 1 N–H and O–H groups in total. The quantitative estimate of drug-likeness (QED) is 0.772. The highest BCUT2D eigenvalue weighted by molar-refractivity contribution is 9.10. The molecule has 0 radical (unpaired) electrons. The van der Waals surface area contributed by atoms with Gasteiger partial charge in [-0.3, -0.25) is 0 Å². The number of halogens is 3. The zero-order valence-electron chi connectivity index (χ0n) is 11.2. The lowest BCUT2D eigenvalue weighted by Crippen LogP contribution is -2.15. The summed E-state index contributed by atoms with van der Waals surface area (Å²) in [5.41, 5.74) is 0.982. The fourth-order valence-electron chi connectivity index (χ4n) is 2.01. The van der Waals surface area contributed by atoms with Crippen molar-refractivity contribution in [2.24, 2.45) is 0 Å². The second-order valence-corrected chi connectivity index (χ2v) is 6.38. The first-order valence-corrected chi connectivity index (χ1v) is 7.94. The van der Waals surface area contributed by atoms with Crippen molar-refractivity contribution >= 4 is 27.5 Å². The van der Waals surface area contributed by atoms with Gasteiger partial charge in [-0.05, 0) is 43.2 Å². The van der Waals surface area contributed by atoms with Crippen LogP contribution in [0.3, 0.4) is 0 Å². The van der Waals surface area contributed by atoms with E-state index in [1.54, 1.807) is 12.1 Å². The molecule has 0 bridgehead atoms. The highest BCUT2D eigenvalue weighted by Crippen LogP contribution is 2.32. The van der Waals surface area contributed by atoms with Gasteiger partial charge in [-0.25, -0.2) is 4.39 Å². The first-order chi connectivity index (χ1) is 10.1. The Morgan fingerprint density at radius 1 is 1.24 bits per heavy atom. The van der Waals surface area contributed by atoms with Gasteiger partial charge in [0.25, 0.3) is 0 Å². The highest BCUT2D eigenvalue weighted by Gasteiger charge is 2.21. The van der Waals surface area contributed by atoms with Crippen molar-refractivity contribution in [1.29, 1.82) is 0 Å². The lowest BCUT2D eigenvalue weighted by Gasteiger charge is -2.13. The Bertz CT molecular complexity index is 661. The predicted molar refractivity (Wildman–Crippen MR) is 85.5 cm³/mol. The first-order valence-electron chi connectivity index (χ1n) is 6.77. The summed E-state index contributed by atoms with van der Waals surface area (Å²) < 4.78 is 20.6. The predicted octanol–water partition coefficient (Wildman–Crippen LogP) is 5.29. The Kier molecular flexibility index (Phi) is 4.48. The molecule has 0 spiro atoms. The third-order valence-electron chi connectivity index (χ3n) is 3.32. The standard InChI is InChI=1S/C16H14BrClFNO/c17-11-4-7-14(10(8-11)9-20-12-5-6-12)21-15-3-1-2-13(18)16(15)19/h1-4,7-8,12,20H,5-6,9H2. The van der Waals surface area contributed by atoms with Crippen LogP contribution in [0.25, 0.3) is 0 Å². The second kappa shape index (κ2) is 6.34. The van der Waals surface area contributed by atoms with Gasteiger partial charge in [0.2, 0.25) is 0 Å². The van der Waals surface area contributed by atoms with Gasteiger partial charge in [-0.1, -0.05) is 33.6 Å². The molecule has 2 nitrogen and oxygen atoms in total. The van der Waals surface area contributed by atoms with Crippen molar-refractivity contribution in [3.05, 3.63) is 57.3 Å². The number of hydrogen-bond acceptors (Lipinski definition) is 2. The molecule has 1 fully saturated rings. The largest absolute Gasteiger partial charge is 0.454 e. The first kappa shape index (κ1) is 14.8. The average Bonchev–Trinajstić information content (AvgIpc) is 3.28. The molecule has 1 saturated carbocycles. The maximum atomic E-state index is 13.9. The Labute approximate surface area is 136 Å². The molecule has 0 amide bonds. The number of hydrogen-bond donors (Lipinski definition) is 1. The van der Waals surface area contributed by atoms with E-state index >= 15 is 0 Å². The molecule has 1 aliphatic rings. The minimum Gasteiger partial charge on any atom is -0.454 e. The smallest absolute Gasteiger partial charge is 0.184 e. The minimum absolute atomic E-state index is 0.0577. The van der Waals surface area contributed by atoms with Gasteiger partial charge in [-0.15, -0.1) is 0 Å². The van der Waals surface area contributed by atoms with E-state index in [9.17, 15) is 4.39 Å². The maximum Gasteiger partial charge on any atom is 0.184 e. The molecule has 2 aromatic carbocycles. The van der Waals surface area contributed by atoms with Gasteiger partial charge < -0.3 is 10.1 Å². The van der Waals surface area contributed by atoms with Crippen LogP contribution in [0, 0.1) is 5.82 Å². The van der Waals surface area contributed by atoms with Crippen molar-refractivity contribution in [2.75, 3.05) is 0 Å². The van der Waals surface area contributed by atoms with Crippen LogP contribution in [0.1, 0.15) is 18.4 Å². The lowest BCUT2D eigenvalue weighted by atomic mass is 10.2. The Morgan fingerprint density at radius 3 is 2.81 bits per heavy atom. The van der Waals surface area contributed by atoms with Gasteiger partial charge in [0.05, 0.1) is 5.02 Å². The van der Waals surface area contributed by atoms with E-state index in [1.807, 2.05) is 18.2 Å². The van der Waals surface area contributed by atoms with Gasteiger partial charge in [-0.2, -0.15) is 0 Å². The zero-order valence-corrected chi connectivity index (χ0v) is 13.5. The van der Waals surface area contributed by atoms with E-state index in [0.717, 1.165) is 10.0 Å². The second-order valence-electron chi connectivity index (χ2n) is 5.06. The molecular formula is C16H14BrClFNO. The van der Waals surface area contributed by atoms with E-state index in [-0.39, 0.29) is 10.8 Å². The van der Waals surface area contributed by atoms with Gasteiger partial charge in [0.1, 0.15) is 5.75 Å². The van der Waals surface area contributed by atoms with Crippen molar-refractivity contribution in [3.63, 3.8) is 0 Å². The molecule has 5 heteroatoms. The number of ether oxygens (including phenoxy) is 1. The van der Waals surface area contributed by atoms with Crippen LogP contribution in [0.15, 0.2) is 40.9 Å². The molecule has 110 valence electrons. The lowest BCUT2D eigenvalue weighted by molar-refractivity contribution is 0.435. The van der Waals surface area contributed by atoms with E-state index < -0.39 is 5.82 Å². The summed E-state index contributed by atoms with van der Waals surface area (Å²) in [5, 5.41) is 3.49. The van der Waals surface area contributed by atoms with Gasteiger partial charge >= 0.3 is 0 Å². The van der Waals surface area contributed by atoms with Crippen molar-refractivity contribution in [1.82, 2.24) is 5.32 Å². The van der Waals surface area contributed by atoms with E-state index in [4.69, 9.17) is 16.3 Å². The molecule has 2 aromatic rings. The molecule has 21 heavy (non-hydrogen) atoms. The Hall–Kier alpha value is -1.10. The van der Waals surface area contributed by atoms with Crippen molar-refractivity contribution in [3.8, 4) is 11.5 Å². The summed E-state index contributed by atoms with van der Waals surface area (Å²) >= 11 is 9.23. The summed E-state index contributed by atoms with van der Waals surface area (Å²) in [5.74, 6) is 0.230. The fraction of sp³-hybridized carbons (Fsp3) is 0.250. The Morgan fingerprint density at radius 2 is 2.05 bits per heavy atom. The summed E-state index contributed by atoms with van der Waals surface area (Å²) in [6.45, 7) is 0.696. The van der Waals surface area contributed by atoms with Crippen LogP contribution in [-0.2, 0) is 6.54 Å². The summed E-state index contributed by atoms with van der Waals surface area (Å²) in [4.78, 5) is 0. The maximum absolute atomic E-state index is 13.9. The normalized spacial score (nSPS) is 14.2. The van der Waals surface area contributed by atoms with Crippen LogP contribution in [0.2, 0.25) is 5.02 Å². The molecule has 0 aliphatic heterocycles. The van der Waals surface area contributed by atoms with Gasteiger partial charge in [0.15, 0.2) is 11.6 Å². The van der Waals surface area contributed by atoms with Crippen LogP contribution in [0.4, 0.5) is 4.39 Å². The van der Waals surface area contributed by atoms with Crippen molar-refractivity contribution in [2.45, 2.75) is 25.4 Å². The molecule has 0 heterocycles. The van der Waals surface area contributed by atoms with E-state index in [1.165, 1.54) is 18.9 Å². The van der Waals surface area contributed by atoms with Crippen LogP contribution < -0.4 is 10.1 Å². The molecule has 0 saturated heterocycles. The zero-order chi connectivity index (χ0) is 14.8. The monoisotopic (exact) mass is 369 g/mol.